The highest BCUT2D eigenvalue weighted by atomic mass is 16.5. The van der Waals surface area contributed by atoms with Crippen molar-refractivity contribution in [1.29, 1.82) is 0 Å². The number of methoxy groups -OCH3 is 1. The summed E-state index contributed by atoms with van der Waals surface area (Å²) in [5.74, 6) is 1.90. The van der Waals surface area contributed by atoms with Gasteiger partial charge in [0.1, 0.15) is 28.8 Å². The summed E-state index contributed by atoms with van der Waals surface area (Å²) in [4.78, 5) is 19.6. The van der Waals surface area contributed by atoms with Crippen LogP contribution in [0.3, 0.4) is 0 Å². The summed E-state index contributed by atoms with van der Waals surface area (Å²) >= 11 is 0. The molecule has 4 rings (SSSR count). The van der Waals surface area contributed by atoms with Crippen molar-refractivity contribution < 1.29 is 9.47 Å². The van der Waals surface area contributed by atoms with Crippen molar-refractivity contribution in [2.24, 2.45) is 7.05 Å². The van der Waals surface area contributed by atoms with Crippen molar-refractivity contribution in [1.82, 2.24) is 19.7 Å². The van der Waals surface area contributed by atoms with E-state index in [-0.39, 0.29) is 11.7 Å². The van der Waals surface area contributed by atoms with Gasteiger partial charge in [-0.2, -0.15) is 5.10 Å². The number of ether oxygens (including phenoxy) is 2. The first kappa shape index (κ1) is 13.8. The second kappa shape index (κ2) is 4.84. The second-order valence-corrected chi connectivity index (χ2v) is 5.71. The lowest BCUT2D eigenvalue weighted by atomic mass is 10.1. The van der Waals surface area contributed by atoms with E-state index in [9.17, 15) is 4.79 Å². The lowest BCUT2D eigenvalue weighted by Crippen LogP contribution is -2.10. The summed E-state index contributed by atoms with van der Waals surface area (Å²) in [7, 11) is 3.36. The number of benzene rings is 1. The van der Waals surface area contributed by atoms with Gasteiger partial charge in [-0.15, -0.1) is 0 Å². The number of nitrogens with one attached hydrogen (secondary N) is 1. The molecule has 0 aliphatic carbocycles. The first-order valence-corrected chi connectivity index (χ1v) is 7.37. The fourth-order valence-electron chi connectivity index (χ4n) is 2.95. The molecule has 1 aliphatic heterocycles. The second-order valence-electron chi connectivity index (χ2n) is 5.71. The van der Waals surface area contributed by atoms with Crippen molar-refractivity contribution in [3.05, 3.63) is 34.2 Å². The highest BCUT2D eigenvalue weighted by molar-refractivity contribution is 5.77. The topological polar surface area (TPSA) is 82.0 Å². The summed E-state index contributed by atoms with van der Waals surface area (Å²) in [6.07, 6.45) is 2.49. The van der Waals surface area contributed by atoms with Crippen LogP contribution in [0.15, 0.2) is 23.1 Å². The normalized spacial score (nSPS) is 16.4. The average molecular weight is 312 g/mol. The lowest BCUT2D eigenvalue weighted by Gasteiger charge is -2.10. The van der Waals surface area contributed by atoms with Gasteiger partial charge in [0.15, 0.2) is 5.65 Å². The van der Waals surface area contributed by atoms with Crippen molar-refractivity contribution in [2.75, 3.05) is 7.11 Å². The fraction of sp³-hybridized carbons (Fsp3) is 0.312. The molecule has 0 bridgehead atoms. The number of hydrogen-bond donors (Lipinski definition) is 1. The van der Waals surface area contributed by atoms with Crippen LogP contribution in [0, 0.1) is 0 Å². The van der Waals surface area contributed by atoms with Crippen molar-refractivity contribution in [3.63, 3.8) is 0 Å². The van der Waals surface area contributed by atoms with Crippen LogP contribution in [0.25, 0.3) is 22.4 Å². The molecule has 0 amide bonds. The number of fused-ring (bicyclic) bond motifs is 2. The maximum atomic E-state index is 12.3. The number of aromatic amines is 1. The standard InChI is InChI=1S/C16H16N4O3/c1-8-4-9-5-13(22-3)10(6-12(9)23-8)14-18-15-11(16(21)19-14)7-17-20(15)2/h5-8H,4H2,1-3H3,(H,18,19,21). The molecule has 1 aliphatic rings. The quantitative estimate of drug-likeness (QED) is 0.778. The van der Waals surface area contributed by atoms with Gasteiger partial charge in [-0.1, -0.05) is 0 Å². The average Bonchev–Trinajstić information content (AvgIpc) is 3.08. The summed E-state index contributed by atoms with van der Waals surface area (Å²) in [6, 6.07) is 3.82. The minimum absolute atomic E-state index is 0.136. The summed E-state index contributed by atoms with van der Waals surface area (Å²) in [6.45, 7) is 2.02. The molecule has 23 heavy (non-hydrogen) atoms. The van der Waals surface area contributed by atoms with E-state index in [1.807, 2.05) is 19.1 Å². The third kappa shape index (κ3) is 2.08. The third-order valence-electron chi connectivity index (χ3n) is 4.07. The van der Waals surface area contributed by atoms with Crippen molar-refractivity contribution in [2.45, 2.75) is 19.4 Å². The lowest BCUT2D eigenvalue weighted by molar-refractivity contribution is 0.254. The predicted octanol–water partition coefficient (Wildman–Crippen LogP) is 1.66. The van der Waals surface area contributed by atoms with E-state index >= 15 is 0 Å². The summed E-state index contributed by atoms with van der Waals surface area (Å²) in [5, 5.41) is 4.54. The predicted molar refractivity (Wildman–Crippen MR) is 84.9 cm³/mol. The van der Waals surface area contributed by atoms with Gasteiger partial charge in [-0.3, -0.25) is 9.48 Å². The molecule has 3 aromatic rings. The van der Waals surface area contributed by atoms with E-state index in [2.05, 4.69) is 15.1 Å². The van der Waals surface area contributed by atoms with E-state index in [0.717, 1.165) is 17.7 Å². The molecule has 7 nitrogen and oxygen atoms in total. The zero-order valence-corrected chi connectivity index (χ0v) is 13.1. The Bertz CT molecular complexity index is 973. The van der Waals surface area contributed by atoms with Crippen LogP contribution >= 0.6 is 0 Å². The maximum absolute atomic E-state index is 12.3. The Hall–Kier alpha value is -2.83. The number of nitrogens with zero attached hydrogens (tertiary/aromatic N) is 3. The third-order valence-corrected chi connectivity index (χ3v) is 4.07. The van der Waals surface area contributed by atoms with Crippen LogP contribution in [0.4, 0.5) is 0 Å². The molecule has 0 saturated heterocycles. The molecule has 1 aromatic carbocycles. The Kier molecular flexibility index (Phi) is 2.90. The molecule has 2 aromatic heterocycles. The largest absolute Gasteiger partial charge is 0.496 e. The molecule has 1 N–H and O–H groups in total. The monoisotopic (exact) mass is 312 g/mol. The molecular weight excluding hydrogens is 296 g/mol. The van der Waals surface area contributed by atoms with Gasteiger partial charge in [0.2, 0.25) is 0 Å². The van der Waals surface area contributed by atoms with E-state index in [1.54, 1.807) is 18.8 Å². The van der Waals surface area contributed by atoms with Gasteiger partial charge in [0, 0.05) is 19.0 Å². The van der Waals surface area contributed by atoms with Gasteiger partial charge in [-0.25, -0.2) is 4.98 Å². The molecule has 1 atom stereocenters. The van der Waals surface area contributed by atoms with Crippen LogP contribution < -0.4 is 15.0 Å². The zero-order chi connectivity index (χ0) is 16.1. The van der Waals surface area contributed by atoms with E-state index in [1.165, 1.54) is 6.20 Å². The Morgan fingerprint density at radius 1 is 1.43 bits per heavy atom. The number of aryl methyl sites for hydroxylation is 1. The molecular formula is C16H16N4O3. The molecule has 0 fully saturated rings. The van der Waals surface area contributed by atoms with Gasteiger partial charge < -0.3 is 14.5 Å². The van der Waals surface area contributed by atoms with E-state index in [4.69, 9.17) is 9.47 Å². The van der Waals surface area contributed by atoms with Crippen LogP contribution in [0.2, 0.25) is 0 Å². The summed E-state index contributed by atoms with van der Waals surface area (Å²) in [5.41, 5.74) is 2.10. The Balaban J connectivity index is 1.95. The minimum Gasteiger partial charge on any atom is -0.496 e. The Morgan fingerprint density at radius 2 is 2.26 bits per heavy atom. The molecule has 7 heteroatoms. The molecule has 3 heterocycles. The van der Waals surface area contributed by atoms with Crippen LogP contribution in [0.1, 0.15) is 12.5 Å². The smallest absolute Gasteiger partial charge is 0.262 e. The fourth-order valence-corrected chi connectivity index (χ4v) is 2.95. The highest BCUT2D eigenvalue weighted by Gasteiger charge is 2.23. The van der Waals surface area contributed by atoms with Gasteiger partial charge in [0.25, 0.3) is 5.56 Å². The first-order valence-electron chi connectivity index (χ1n) is 7.37. The number of H-pyrrole nitrogens is 1. The van der Waals surface area contributed by atoms with Crippen LogP contribution in [-0.4, -0.2) is 33.0 Å². The first-order chi connectivity index (χ1) is 11.1. The van der Waals surface area contributed by atoms with Gasteiger partial charge in [-0.05, 0) is 19.1 Å². The van der Waals surface area contributed by atoms with Crippen LogP contribution in [-0.2, 0) is 13.5 Å². The van der Waals surface area contributed by atoms with Crippen molar-refractivity contribution in [3.8, 4) is 22.9 Å². The number of hydrogen-bond acceptors (Lipinski definition) is 5. The Labute approximate surface area is 131 Å². The van der Waals surface area contributed by atoms with Gasteiger partial charge >= 0.3 is 0 Å². The van der Waals surface area contributed by atoms with Crippen molar-refractivity contribution >= 4 is 11.0 Å². The summed E-state index contributed by atoms with van der Waals surface area (Å²) < 4.78 is 12.9. The van der Waals surface area contributed by atoms with Crippen LogP contribution in [0.5, 0.6) is 11.5 Å². The Morgan fingerprint density at radius 3 is 3.04 bits per heavy atom. The number of aromatic nitrogens is 4. The molecule has 1 unspecified atom stereocenters. The zero-order valence-electron chi connectivity index (χ0n) is 13.1. The maximum Gasteiger partial charge on any atom is 0.262 e. The molecule has 0 saturated carbocycles. The SMILES string of the molecule is COc1cc2c(cc1-c1nc3c(cnn3C)c(=O)[nH]1)OC(C)C2. The highest BCUT2D eigenvalue weighted by Crippen LogP contribution is 2.38. The molecule has 118 valence electrons. The molecule has 0 spiro atoms. The minimum atomic E-state index is -0.227. The number of rotatable bonds is 2. The van der Waals surface area contributed by atoms with E-state index < -0.39 is 0 Å². The molecule has 0 radical (unpaired) electrons. The van der Waals surface area contributed by atoms with Gasteiger partial charge in [0.05, 0.1) is 18.9 Å². The van der Waals surface area contributed by atoms with E-state index in [0.29, 0.717) is 28.2 Å².